The van der Waals surface area contributed by atoms with Gasteiger partial charge in [-0.2, -0.15) is 5.10 Å². The van der Waals surface area contributed by atoms with E-state index in [0.717, 1.165) is 10.6 Å². The molecule has 1 aliphatic heterocycles. The third-order valence-corrected chi connectivity index (χ3v) is 4.49. The first kappa shape index (κ1) is 19.0. The number of aromatic nitrogens is 3. The van der Waals surface area contributed by atoms with E-state index in [2.05, 4.69) is 15.4 Å². The van der Waals surface area contributed by atoms with Gasteiger partial charge in [0, 0.05) is 12.7 Å². The lowest BCUT2D eigenvalue weighted by molar-refractivity contribution is -0.119. The summed E-state index contributed by atoms with van der Waals surface area (Å²) in [5.74, 6) is -2.07. The quantitative estimate of drug-likeness (QED) is 0.501. The minimum Gasteiger partial charge on any atom is -0.452 e. The predicted octanol–water partition coefficient (Wildman–Crippen LogP) is 1.29. The van der Waals surface area contributed by atoms with Crippen LogP contribution < -0.4 is 5.32 Å². The van der Waals surface area contributed by atoms with Crippen molar-refractivity contribution >= 4 is 29.4 Å². The van der Waals surface area contributed by atoms with E-state index in [1.165, 1.54) is 42.6 Å². The monoisotopic (exact) mass is 405 g/mol. The summed E-state index contributed by atoms with van der Waals surface area (Å²) in [5.41, 5.74) is 1.81. The number of imide groups is 1. The maximum absolute atomic E-state index is 12.1. The number of fused-ring (bicyclic) bond motifs is 1. The maximum atomic E-state index is 12.1. The standard InChI is InChI=1S/C20H15N5O5/c1-24-18(27)15-7-4-13(8-16(15)19(24)28)23-17(26)9-30-20(29)12-2-5-14(6-3-12)25-11-21-10-22-25/h2-8,10-11H,9H2,1H3,(H,23,26). The molecule has 4 rings (SSSR count). The summed E-state index contributed by atoms with van der Waals surface area (Å²) in [7, 11) is 1.39. The molecule has 3 aromatic rings. The van der Waals surface area contributed by atoms with Gasteiger partial charge in [0.05, 0.1) is 22.4 Å². The summed E-state index contributed by atoms with van der Waals surface area (Å²) in [4.78, 5) is 53.0. The van der Waals surface area contributed by atoms with Crippen LogP contribution in [0.3, 0.4) is 0 Å². The number of anilines is 1. The molecule has 1 N–H and O–H groups in total. The normalized spacial score (nSPS) is 12.6. The number of benzene rings is 2. The number of nitrogens with zero attached hydrogens (tertiary/aromatic N) is 4. The molecule has 0 unspecified atom stereocenters. The number of esters is 1. The van der Waals surface area contributed by atoms with Crippen LogP contribution >= 0.6 is 0 Å². The number of nitrogens with one attached hydrogen (secondary N) is 1. The minimum absolute atomic E-state index is 0.213. The van der Waals surface area contributed by atoms with Crippen molar-refractivity contribution in [3.05, 3.63) is 71.8 Å². The van der Waals surface area contributed by atoms with E-state index in [9.17, 15) is 19.2 Å². The largest absolute Gasteiger partial charge is 0.452 e. The van der Waals surface area contributed by atoms with Crippen molar-refractivity contribution in [2.45, 2.75) is 0 Å². The number of amides is 3. The molecule has 0 fully saturated rings. The fraction of sp³-hybridized carbons (Fsp3) is 0.100. The average molecular weight is 405 g/mol. The Bertz CT molecular complexity index is 1150. The molecule has 0 radical (unpaired) electrons. The molecule has 2 aromatic carbocycles. The third kappa shape index (κ3) is 3.53. The molecular weight excluding hydrogens is 390 g/mol. The Kier molecular flexibility index (Phi) is 4.80. The summed E-state index contributed by atoms with van der Waals surface area (Å²) in [6.07, 6.45) is 2.92. The molecule has 10 heteroatoms. The van der Waals surface area contributed by atoms with Crippen molar-refractivity contribution in [1.29, 1.82) is 0 Å². The van der Waals surface area contributed by atoms with E-state index in [1.807, 2.05) is 0 Å². The van der Waals surface area contributed by atoms with Crippen LogP contribution in [0.25, 0.3) is 5.69 Å². The van der Waals surface area contributed by atoms with Crippen LogP contribution in [0.4, 0.5) is 5.69 Å². The van der Waals surface area contributed by atoms with Gasteiger partial charge < -0.3 is 10.1 Å². The van der Waals surface area contributed by atoms with Gasteiger partial charge in [0.25, 0.3) is 17.7 Å². The van der Waals surface area contributed by atoms with Gasteiger partial charge in [-0.15, -0.1) is 0 Å². The van der Waals surface area contributed by atoms with Crippen molar-refractivity contribution < 1.29 is 23.9 Å². The first-order valence-corrected chi connectivity index (χ1v) is 8.82. The van der Waals surface area contributed by atoms with Gasteiger partial charge in [-0.05, 0) is 42.5 Å². The Balaban J connectivity index is 1.35. The van der Waals surface area contributed by atoms with Crippen LogP contribution in [0, 0.1) is 0 Å². The lowest BCUT2D eigenvalue weighted by atomic mass is 10.1. The number of carbonyl (C=O) groups is 4. The second-order valence-corrected chi connectivity index (χ2v) is 6.44. The summed E-state index contributed by atoms with van der Waals surface area (Å²) in [6, 6.07) is 10.8. The van der Waals surface area contributed by atoms with Crippen LogP contribution in [0.5, 0.6) is 0 Å². The summed E-state index contributed by atoms with van der Waals surface area (Å²) < 4.78 is 6.56. The highest BCUT2D eigenvalue weighted by Gasteiger charge is 2.32. The number of hydrogen-bond donors (Lipinski definition) is 1. The molecule has 30 heavy (non-hydrogen) atoms. The fourth-order valence-electron chi connectivity index (χ4n) is 2.94. The zero-order valence-corrected chi connectivity index (χ0v) is 15.7. The summed E-state index contributed by atoms with van der Waals surface area (Å²) in [6.45, 7) is -0.506. The van der Waals surface area contributed by atoms with E-state index in [1.54, 1.807) is 24.3 Å². The highest BCUT2D eigenvalue weighted by Crippen LogP contribution is 2.24. The first-order valence-electron chi connectivity index (χ1n) is 8.82. The van der Waals surface area contributed by atoms with E-state index in [4.69, 9.17) is 4.74 Å². The average Bonchev–Trinajstić information content (AvgIpc) is 3.37. The van der Waals surface area contributed by atoms with Gasteiger partial charge in [-0.3, -0.25) is 19.3 Å². The lowest BCUT2D eigenvalue weighted by Crippen LogP contribution is -2.24. The Morgan fingerprint density at radius 2 is 1.77 bits per heavy atom. The Morgan fingerprint density at radius 1 is 1.03 bits per heavy atom. The van der Waals surface area contributed by atoms with Gasteiger partial charge in [-0.25, -0.2) is 14.5 Å². The molecule has 150 valence electrons. The Morgan fingerprint density at radius 3 is 2.47 bits per heavy atom. The molecule has 2 heterocycles. The zero-order valence-electron chi connectivity index (χ0n) is 15.7. The van der Waals surface area contributed by atoms with E-state index < -0.39 is 30.3 Å². The minimum atomic E-state index is -0.661. The number of rotatable bonds is 5. The molecular formula is C20H15N5O5. The highest BCUT2D eigenvalue weighted by atomic mass is 16.5. The molecule has 1 aromatic heterocycles. The molecule has 0 saturated heterocycles. The number of hydrogen-bond acceptors (Lipinski definition) is 7. The van der Waals surface area contributed by atoms with Crippen LogP contribution in [0.15, 0.2) is 55.1 Å². The topological polar surface area (TPSA) is 123 Å². The van der Waals surface area contributed by atoms with Gasteiger partial charge in [0.15, 0.2) is 6.61 Å². The van der Waals surface area contributed by atoms with Crippen molar-refractivity contribution in [3.63, 3.8) is 0 Å². The zero-order chi connectivity index (χ0) is 21.3. The highest BCUT2D eigenvalue weighted by molar-refractivity contribution is 6.21. The molecule has 0 bridgehead atoms. The molecule has 0 atom stereocenters. The molecule has 3 amide bonds. The van der Waals surface area contributed by atoms with Gasteiger partial charge in [-0.1, -0.05) is 0 Å². The van der Waals surface area contributed by atoms with E-state index in [0.29, 0.717) is 5.69 Å². The van der Waals surface area contributed by atoms with Crippen molar-refractivity contribution in [1.82, 2.24) is 19.7 Å². The van der Waals surface area contributed by atoms with Crippen molar-refractivity contribution in [2.75, 3.05) is 19.0 Å². The number of carbonyl (C=O) groups excluding carboxylic acids is 4. The molecule has 0 saturated carbocycles. The van der Waals surface area contributed by atoms with Crippen LogP contribution in [0.2, 0.25) is 0 Å². The SMILES string of the molecule is CN1C(=O)c2ccc(NC(=O)COC(=O)c3ccc(-n4cncn4)cc3)cc2C1=O. The van der Waals surface area contributed by atoms with Gasteiger partial charge in [0.1, 0.15) is 12.7 Å². The molecule has 0 spiro atoms. The maximum Gasteiger partial charge on any atom is 0.338 e. The predicted molar refractivity (Wildman–Crippen MR) is 103 cm³/mol. The fourth-order valence-corrected chi connectivity index (χ4v) is 2.94. The van der Waals surface area contributed by atoms with Crippen LogP contribution in [-0.2, 0) is 9.53 Å². The molecule has 1 aliphatic rings. The lowest BCUT2D eigenvalue weighted by Gasteiger charge is -2.08. The number of ether oxygens (including phenoxy) is 1. The Hall–Kier alpha value is -4.34. The molecule has 0 aliphatic carbocycles. The third-order valence-electron chi connectivity index (χ3n) is 4.49. The smallest absolute Gasteiger partial charge is 0.338 e. The second kappa shape index (κ2) is 7.59. The second-order valence-electron chi connectivity index (χ2n) is 6.44. The van der Waals surface area contributed by atoms with E-state index in [-0.39, 0.29) is 16.7 Å². The van der Waals surface area contributed by atoms with Crippen LogP contribution in [0.1, 0.15) is 31.1 Å². The van der Waals surface area contributed by atoms with Gasteiger partial charge in [0.2, 0.25) is 0 Å². The summed E-state index contributed by atoms with van der Waals surface area (Å²) in [5, 5.41) is 6.53. The van der Waals surface area contributed by atoms with Crippen LogP contribution in [-0.4, -0.2) is 57.0 Å². The Labute approximate surface area is 170 Å². The van der Waals surface area contributed by atoms with Gasteiger partial charge >= 0.3 is 5.97 Å². The van der Waals surface area contributed by atoms with Crippen molar-refractivity contribution in [3.8, 4) is 5.69 Å². The first-order chi connectivity index (χ1) is 14.4. The summed E-state index contributed by atoms with van der Waals surface area (Å²) >= 11 is 0. The molecule has 10 nitrogen and oxygen atoms in total. The van der Waals surface area contributed by atoms with E-state index >= 15 is 0 Å². The van der Waals surface area contributed by atoms with Crippen molar-refractivity contribution in [2.24, 2.45) is 0 Å².